The van der Waals surface area contributed by atoms with Crippen molar-refractivity contribution >= 4 is 10.8 Å². The summed E-state index contributed by atoms with van der Waals surface area (Å²) >= 11 is 0. The third-order valence-corrected chi connectivity index (χ3v) is 3.83. The zero-order valence-corrected chi connectivity index (χ0v) is 12.2. The molecular weight excluding hydrogens is 265 g/mol. The Morgan fingerprint density at radius 2 is 1.81 bits per heavy atom. The number of halogens is 1. The number of aryl methyl sites for hydroxylation is 1. The van der Waals surface area contributed by atoms with Gasteiger partial charge in [0.1, 0.15) is 11.6 Å². The lowest BCUT2D eigenvalue weighted by Gasteiger charge is -2.20. The van der Waals surface area contributed by atoms with Gasteiger partial charge in [-0.25, -0.2) is 4.39 Å². The second-order valence-corrected chi connectivity index (χ2v) is 5.11. The first-order chi connectivity index (χ1) is 10.2. The molecule has 1 unspecified atom stereocenters. The van der Waals surface area contributed by atoms with Crippen molar-refractivity contribution in [1.29, 1.82) is 0 Å². The predicted octanol–water partition coefficient (Wildman–Crippen LogP) is 4.58. The topological polar surface area (TPSA) is 25.2 Å². The fraction of sp³-hybridized carbons (Fsp3) is 0.222. The summed E-state index contributed by atoms with van der Waals surface area (Å²) in [6.45, 7) is 4.83. The predicted molar refractivity (Wildman–Crippen MR) is 82.9 cm³/mol. The molecule has 21 heavy (non-hydrogen) atoms. The van der Waals surface area contributed by atoms with E-state index in [0.717, 1.165) is 28.8 Å². The van der Waals surface area contributed by atoms with Gasteiger partial charge in [0, 0.05) is 10.9 Å². The molecule has 3 rings (SSSR count). The van der Waals surface area contributed by atoms with Gasteiger partial charge in [-0.3, -0.25) is 0 Å². The first kappa shape index (κ1) is 13.8. The first-order valence-electron chi connectivity index (χ1n) is 7.17. The van der Waals surface area contributed by atoms with E-state index in [-0.39, 0.29) is 11.9 Å². The van der Waals surface area contributed by atoms with Crippen molar-refractivity contribution in [2.24, 2.45) is 0 Å². The van der Waals surface area contributed by atoms with Crippen molar-refractivity contribution in [3.05, 3.63) is 71.4 Å². The average molecular weight is 283 g/mol. The average Bonchev–Trinajstić information content (AvgIpc) is 2.92. The molecule has 3 heteroatoms. The minimum atomic E-state index is -0.187. The third-order valence-electron chi connectivity index (χ3n) is 3.83. The van der Waals surface area contributed by atoms with E-state index in [4.69, 9.17) is 4.42 Å². The van der Waals surface area contributed by atoms with Crippen LogP contribution in [0.1, 0.15) is 29.9 Å². The summed E-state index contributed by atoms with van der Waals surface area (Å²) in [4.78, 5) is 0. The Labute approximate surface area is 123 Å². The summed E-state index contributed by atoms with van der Waals surface area (Å²) in [6.07, 6.45) is 1.70. The minimum Gasteiger partial charge on any atom is -0.469 e. The molecule has 0 aliphatic rings. The summed E-state index contributed by atoms with van der Waals surface area (Å²) < 4.78 is 19.4. The largest absolute Gasteiger partial charge is 0.469 e. The maximum atomic E-state index is 14.0. The molecule has 0 fully saturated rings. The molecular formula is C18H18FNO. The van der Waals surface area contributed by atoms with Gasteiger partial charge in [0.15, 0.2) is 0 Å². The molecule has 0 aliphatic carbocycles. The maximum absolute atomic E-state index is 14.0. The molecule has 0 saturated heterocycles. The van der Waals surface area contributed by atoms with Crippen LogP contribution in [-0.2, 0) is 0 Å². The number of benzene rings is 2. The van der Waals surface area contributed by atoms with Gasteiger partial charge in [-0.05, 0) is 36.6 Å². The zero-order valence-electron chi connectivity index (χ0n) is 12.2. The highest BCUT2D eigenvalue weighted by molar-refractivity contribution is 5.87. The first-order valence-corrected chi connectivity index (χ1v) is 7.17. The van der Waals surface area contributed by atoms with Crippen molar-refractivity contribution < 1.29 is 8.81 Å². The fourth-order valence-electron chi connectivity index (χ4n) is 2.82. The lowest BCUT2D eigenvalue weighted by molar-refractivity contribution is 0.520. The van der Waals surface area contributed by atoms with E-state index >= 15 is 0 Å². The van der Waals surface area contributed by atoms with Gasteiger partial charge >= 0.3 is 0 Å². The minimum absolute atomic E-state index is 0.000694. The number of nitrogens with one attached hydrogen (secondary N) is 1. The number of fused-ring (bicyclic) bond motifs is 1. The third kappa shape index (κ3) is 2.45. The van der Waals surface area contributed by atoms with Crippen molar-refractivity contribution in [3.8, 4) is 0 Å². The molecule has 0 radical (unpaired) electrons. The maximum Gasteiger partial charge on any atom is 0.131 e. The Kier molecular flexibility index (Phi) is 3.76. The summed E-state index contributed by atoms with van der Waals surface area (Å²) in [6, 6.07) is 13.0. The van der Waals surface area contributed by atoms with Crippen LogP contribution in [0.4, 0.5) is 4.39 Å². The number of rotatable bonds is 4. The fourth-order valence-corrected chi connectivity index (χ4v) is 2.82. The standard InChI is InChI=1S/C18H18FNO/c1-3-20-18(13-10-11-21-12(13)2)16-8-9-17(19)15-7-5-4-6-14(15)16/h4-11,18,20H,3H2,1-2H3. The quantitative estimate of drug-likeness (QED) is 0.758. The van der Waals surface area contributed by atoms with Crippen LogP contribution in [0.3, 0.4) is 0 Å². The molecule has 3 aromatic rings. The monoisotopic (exact) mass is 283 g/mol. The number of hydrogen-bond donors (Lipinski definition) is 1. The Morgan fingerprint density at radius 1 is 1.05 bits per heavy atom. The van der Waals surface area contributed by atoms with Crippen molar-refractivity contribution in [2.75, 3.05) is 6.54 Å². The van der Waals surface area contributed by atoms with E-state index < -0.39 is 0 Å². The molecule has 0 bridgehead atoms. The summed E-state index contributed by atoms with van der Waals surface area (Å²) in [5.41, 5.74) is 2.16. The Hall–Kier alpha value is -2.13. The van der Waals surface area contributed by atoms with E-state index in [0.29, 0.717) is 5.39 Å². The molecule has 2 aromatic carbocycles. The summed E-state index contributed by atoms with van der Waals surface area (Å²) in [5.74, 6) is 0.697. The van der Waals surface area contributed by atoms with Gasteiger partial charge in [0.25, 0.3) is 0 Å². The molecule has 1 aromatic heterocycles. The van der Waals surface area contributed by atoms with Crippen LogP contribution < -0.4 is 5.32 Å². The SMILES string of the molecule is CCNC(c1ccoc1C)c1ccc(F)c2ccccc12. The Bertz CT molecular complexity index is 763. The van der Waals surface area contributed by atoms with Crippen LogP contribution >= 0.6 is 0 Å². The highest BCUT2D eigenvalue weighted by Gasteiger charge is 2.20. The lowest BCUT2D eigenvalue weighted by Crippen LogP contribution is -2.22. The normalized spacial score (nSPS) is 12.7. The smallest absolute Gasteiger partial charge is 0.131 e. The highest BCUT2D eigenvalue weighted by Crippen LogP contribution is 2.32. The van der Waals surface area contributed by atoms with E-state index in [1.807, 2.05) is 43.3 Å². The van der Waals surface area contributed by atoms with Crippen molar-refractivity contribution in [3.63, 3.8) is 0 Å². The van der Waals surface area contributed by atoms with Crippen LogP contribution in [0.15, 0.2) is 53.1 Å². The number of hydrogen-bond acceptors (Lipinski definition) is 2. The van der Waals surface area contributed by atoms with E-state index in [2.05, 4.69) is 12.2 Å². The van der Waals surface area contributed by atoms with Gasteiger partial charge in [0.05, 0.1) is 12.3 Å². The van der Waals surface area contributed by atoms with Gasteiger partial charge in [-0.1, -0.05) is 37.3 Å². The van der Waals surface area contributed by atoms with E-state index in [9.17, 15) is 4.39 Å². The van der Waals surface area contributed by atoms with Gasteiger partial charge in [-0.2, -0.15) is 0 Å². The van der Waals surface area contributed by atoms with Crippen LogP contribution in [0.25, 0.3) is 10.8 Å². The van der Waals surface area contributed by atoms with Gasteiger partial charge in [0.2, 0.25) is 0 Å². The molecule has 0 amide bonds. The Balaban J connectivity index is 2.21. The molecule has 0 aliphatic heterocycles. The molecule has 1 atom stereocenters. The molecule has 1 N–H and O–H groups in total. The lowest BCUT2D eigenvalue weighted by atomic mass is 9.93. The van der Waals surface area contributed by atoms with Crippen LogP contribution in [0.5, 0.6) is 0 Å². The second-order valence-electron chi connectivity index (χ2n) is 5.11. The highest BCUT2D eigenvalue weighted by atomic mass is 19.1. The second kappa shape index (κ2) is 5.70. The molecule has 1 heterocycles. The van der Waals surface area contributed by atoms with Crippen LogP contribution in [-0.4, -0.2) is 6.54 Å². The zero-order chi connectivity index (χ0) is 14.8. The van der Waals surface area contributed by atoms with E-state index in [1.54, 1.807) is 6.26 Å². The van der Waals surface area contributed by atoms with Crippen molar-refractivity contribution in [1.82, 2.24) is 5.32 Å². The molecule has 108 valence electrons. The molecule has 0 spiro atoms. The Morgan fingerprint density at radius 3 is 2.48 bits per heavy atom. The molecule has 0 saturated carbocycles. The summed E-state index contributed by atoms with van der Waals surface area (Å²) in [7, 11) is 0. The number of furan rings is 1. The van der Waals surface area contributed by atoms with Gasteiger partial charge < -0.3 is 9.73 Å². The molecule has 2 nitrogen and oxygen atoms in total. The summed E-state index contributed by atoms with van der Waals surface area (Å²) in [5, 5.41) is 5.06. The van der Waals surface area contributed by atoms with E-state index in [1.165, 1.54) is 6.07 Å². The van der Waals surface area contributed by atoms with Crippen LogP contribution in [0.2, 0.25) is 0 Å². The van der Waals surface area contributed by atoms with Crippen molar-refractivity contribution in [2.45, 2.75) is 19.9 Å². The van der Waals surface area contributed by atoms with Crippen LogP contribution in [0, 0.1) is 12.7 Å². The van der Waals surface area contributed by atoms with Gasteiger partial charge in [-0.15, -0.1) is 0 Å².